The molecule has 0 bridgehead atoms. The normalized spacial score (nSPS) is 27.2. The summed E-state index contributed by atoms with van der Waals surface area (Å²) >= 11 is 7.62. The number of thioether (sulfide) groups is 1. The Kier molecular flexibility index (Phi) is 4.96. The fourth-order valence-corrected chi connectivity index (χ4v) is 3.28. The van der Waals surface area contributed by atoms with Crippen LogP contribution in [0.5, 0.6) is 0 Å². The van der Waals surface area contributed by atoms with E-state index in [1.807, 2.05) is 24.3 Å². The molecule has 0 saturated carbocycles. The standard InChI is InChI=1S/C14H17ClOS/c15-11-7-9-12(10-8-11)17-14-6-4-2-1-3-5-13(14)16/h1-2,7-10,13-14,16H,3-6H2/b2-1-/t13-,14-/m0/s1. The van der Waals surface area contributed by atoms with Crippen molar-refractivity contribution in [3.63, 3.8) is 0 Å². The molecule has 0 spiro atoms. The Morgan fingerprint density at radius 1 is 1.06 bits per heavy atom. The molecule has 2 rings (SSSR count). The van der Waals surface area contributed by atoms with Crippen LogP contribution in [0.1, 0.15) is 25.7 Å². The molecule has 1 aliphatic carbocycles. The zero-order chi connectivity index (χ0) is 12.1. The van der Waals surface area contributed by atoms with Gasteiger partial charge in [-0.05, 0) is 49.9 Å². The second-order valence-corrected chi connectivity index (χ2v) is 6.05. The third-order valence-electron chi connectivity index (χ3n) is 2.94. The molecule has 0 fully saturated rings. The van der Waals surface area contributed by atoms with Crippen LogP contribution in [0.15, 0.2) is 41.3 Å². The van der Waals surface area contributed by atoms with E-state index in [0.29, 0.717) is 5.25 Å². The van der Waals surface area contributed by atoms with Crippen molar-refractivity contribution in [2.24, 2.45) is 0 Å². The summed E-state index contributed by atoms with van der Waals surface area (Å²) in [7, 11) is 0. The first-order valence-corrected chi connectivity index (χ1v) is 7.27. The summed E-state index contributed by atoms with van der Waals surface area (Å²) in [6.07, 6.45) is 8.13. The first-order chi connectivity index (χ1) is 8.25. The van der Waals surface area contributed by atoms with Crippen molar-refractivity contribution in [1.82, 2.24) is 0 Å². The molecule has 1 aliphatic rings. The van der Waals surface area contributed by atoms with E-state index in [-0.39, 0.29) is 6.10 Å². The van der Waals surface area contributed by atoms with Crippen LogP contribution in [0.4, 0.5) is 0 Å². The second-order valence-electron chi connectivity index (χ2n) is 4.30. The highest BCUT2D eigenvalue weighted by Crippen LogP contribution is 2.31. The second kappa shape index (κ2) is 6.48. The van der Waals surface area contributed by atoms with E-state index >= 15 is 0 Å². The van der Waals surface area contributed by atoms with Gasteiger partial charge in [-0.25, -0.2) is 0 Å². The molecule has 1 nitrogen and oxygen atoms in total. The van der Waals surface area contributed by atoms with Crippen molar-refractivity contribution in [3.8, 4) is 0 Å². The largest absolute Gasteiger partial charge is 0.392 e. The number of allylic oxidation sites excluding steroid dienone is 2. The lowest BCUT2D eigenvalue weighted by molar-refractivity contribution is 0.158. The third kappa shape index (κ3) is 4.06. The monoisotopic (exact) mass is 268 g/mol. The Bertz CT molecular complexity index is 374. The summed E-state index contributed by atoms with van der Waals surface area (Å²) in [5, 5.41) is 11.2. The van der Waals surface area contributed by atoms with Gasteiger partial charge in [-0.15, -0.1) is 11.8 Å². The summed E-state index contributed by atoms with van der Waals surface area (Å²) in [6.45, 7) is 0. The summed E-state index contributed by atoms with van der Waals surface area (Å²) in [5.74, 6) is 0. The Labute approximate surface area is 112 Å². The van der Waals surface area contributed by atoms with Gasteiger partial charge in [0.2, 0.25) is 0 Å². The van der Waals surface area contributed by atoms with Crippen LogP contribution in [-0.2, 0) is 0 Å². The Morgan fingerprint density at radius 2 is 1.71 bits per heavy atom. The molecule has 2 atom stereocenters. The summed E-state index contributed by atoms with van der Waals surface area (Å²) in [6, 6.07) is 7.85. The summed E-state index contributed by atoms with van der Waals surface area (Å²) < 4.78 is 0. The molecule has 0 radical (unpaired) electrons. The quantitative estimate of drug-likeness (QED) is 0.808. The van der Waals surface area contributed by atoms with Crippen molar-refractivity contribution in [1.29, 1.82) is 0 Å². The van der Waals surface area contributed by atoms with Crippen molar-refractivity contribution >= 4 is 23.4 Å². The van der Waals surface area contributed by atoms with Gasteiger partial charge in [-0.1, -0.05) is 23.8 Å². The van der Waals surface area contributed by atoms with Gasteiger partial charge in [0.1, 0.15) is 0 Å². The Hall–Kier alpha value is -0.440. The van der Waals surface area contributed by atoms with E-state index in [0.717, 1.165) is 30.7 Å². The Morgan fingerprint density at radius 3 is 2.41 bits per heavy atom. The highest BCUT2D eigenvalue weighted by molar-refractivity contribution is 8.00. The number of hydrogen-bond acceptors (Lipinski definition) is 2. The van der Waals surface area contributed by atoms with E-state index in [2.05, 4.69) is 12.2 Å². The maximum atomic E-state index is 10.1. The van der Waals surface area contributed by atoms with Crippen LogP contribution in [0.25, 0.3) is 0 Å². The van der Waals surface area contributed by atoms with Crippen molar-refractivity contribution in [2.75, 3.05) is 0 Å². The van der Waals surface area contributed by atoms with Gasteiger partial charge in [0, 0.05) is 15.2 Å². The molecule has 1 aromatic rings. The maximum Gasteiger partial charge on any atom is 0.0665 e. The molecule has 0 amide bonds. The zero-order valence-electron chi connectivity index (χ0n) is 9.68. The van der Waals surface area contributed by atoms with Gasteiger partial charge >= 0.3 is 0 Å². The highest BCUT2D eigenvalue weighted by atomic mass is 35.5. The minimum atomic E-state index is -0.208. The molecule has 1 aromatic carbocycles. The smallest absolute Gasteiger partial charge is 0.0665 e. The fraction of sp³-hybridized carbons (Fsp3) is 0.429. The third-order valence-corrected chi connectivity index (χ3v) is 4.59. The van der Waals surface area contributed by atoms with E-state index in [1.54, 1.807) is 11.8 Å². The molecular weight excluding hydrogens is 252 g/mol. The number of halogens is 1. The van der Waals surface area contributed by atoms with Gasteiger partial charge < -0.3 is 5.11 Å². The van der Waals surface area contributed by atoms with Crippen LogP contribution in [-0.4, -0.2) is 16.5 Å². The van der Waals surface area contributed by atoms with E-state index in [9.17, 15) is 5.11 Å². The number of benzene rings is 1. The summed E-state index contributed by atoms with van der Waals surface area (Å²) in [4.78, 5) is 1.18. The first kappa shape index (κ1) is 13.0. The molecule has 17 heavy (non-hydrogen) atoms. The molecule has 0 heterocycles. The minimum absolute atomic E-state index is 0.208. The topological polar surface area (TPSA) is 20.2 Å². The minimum Gasteiger partial charge on any atom is -0.392 e. The van der Waals surface area contributed by atoms with Crippen molar-refractivity contribution < 1.29 is 5.11 Å². The molecule has 92 valence electrons. The van der Waals surface area contributed by atoms with Crippen LogP contribution in [0, 0.1) is 0 Å². The van der Waals surface area contributed by atoms with Crippen LogP contribution in [0.2, 0.25) is 5.02 Å². The molecule has 0 aromatic heterocycles. The number of aliphatic hydroxyl groups is 1. The molecule has 1 N–H and O–H groups in total. The fourth-order valence-electron chi connectivity index (χ4n) is 1.97. The van der Waals surface area contributed by atoms with E-state index < -0.39 is 0 Å². The first-order valence-electron chi connectivity index (χ1n) is 6.01. The van der Waals surface area contributed by atoms with Gasteiger partial charge in [0.15, 0.2) is 0 Å². The van der Waals surface area contributed by atoms with Gasteiger partial charge in [0.25, 0.3) is 0 Å². The number of hydrogen-bond donors (Lipinski definition) is 1. The van der Waals surface area contributed by atoms with Crippen LogP contribution in [0.3, 0.4) is 0 Å². The average molecular weight is 269 g/mol. The van der Waals surface area contributed by atoms with Crippen molar-refractivity contribution in [3.05, 3.63) is 41.4 Å². The lowest BCUT2D eigenvalue weighted by Gasteiger charge is -2.23. The predicted molar refractivity (Wildman–Crippen MR) is 74.7 cm³/mol. The van der Waals surface area contributed by atoms with Gasteiger partial charge in [-0.2, -0.15) is 0 Å². The maximum absolute atomic E-state index is 10.1. The predicted octanol–water partition coefficient (Wildman–Crippen LogP) is 4.29. The van der Waals surface area contributed by atoms with E-state index in [4.69, 9.17) is 11.6 Å². The average Bonchev–Trinajstić information content (AvgIpc) is 2.31. The lowest BCUT2D eigenvalue weighted by atomic mass is 10.0. The highest BCUT2D eigenvalue weighted by Gasteiger charge is 2.20. The SMILES string of the molecule is O[C@H]1CC/C=C\CC[C@@H]1Sc1ccc(Cl)cc1. The van der Waals surface area contributed by atoms with Crippen LogP contribution < -0.4 is 0 Å². The number of rotatable bonds is 2. The lowest BCUT2D eigenvalue weighted by Crippen LogP contribution is -2.23. The van der Waals surface area contributed by atoms with E-state index in [1.165, 1.54) is 4.90 Å². The summed E-state index contributed by atoms with van der Waals surface area (Å²) in [5.41, 5.74) is 0. The molecule has 0 aliphatic heterocycles. The molecule has 0 unspecified atom stereocenters. The zero-order valence-corrected chi connectivity index (χ0v) is 11.3. The molecular formula is C14H17ClOS. The van der Waals surface area contributed by atoms with Gasteiger partial charge in [0.05, 0.1) is 6.10 Å². The number of aliphatic hydroxyl groups excluding tert-OH is 1. The van der Waals surface area contributed by atoms with Crippen LogP contribution >= 0.6 is 23.4 Å². The van der Waals surface area contributed by atoms with Crippen molar-refractivity contribution in [2.45, 2.75) is 41.9 Å². The van der Waals surface area contributed by atoms with Gasteiger partial charge in [-0.3, -0.25) is 0 Å². The Balaban J connectivity index is 2.00. The molecule has 0 saturated heterocycles. The molecule has 3 heteroatoms.